The fraction of sp³-hybridized carbons (Fsp3) is 0.761. The Hall–Kier alpha value is -2.63. The second-order valence-electron chi connectivity index (χ2n) is 17.8. The molecular weight excluding hydrogens is 711 g/mol. The van der Waals surface area contributed by atoms with E-state index in [1.165, 1.54) is 0 Å². The van der Waals surface area contributed by atoms with Gasteiger partial charge in [-0.25, -0.2) is 4.79 Å². The van der Waals surface area contributed by atoms with E-state index in [0.717, 1.165) is 56.9 Å². The van der Waals surface area contributed by atoms with Crippen LogP contribution in [0.4, 0.5) is 0 Å². The van der Waals surface area contributed by atoms with Gasteiger partial charge < -0.3 is 34.4 Å². The number of nitrogens with zero attached hydrogens (tertiary/aromatic N) is 1. The number of carbonyl (C=O) groups excluding carboxylic acids is 3. The van der Waals surface area contributed by atoms with Crippen LogP contribution in [0.5, 0.6) is 0 Å². The van der Waals surface area contributed by atoms with Gasteiger partial charge in [0.05, 0.1) is 30.8 Å². The number of cyclic esters (lactones) is 1. The maximum absolute atomic E-state index is 14.1. The van der Waals surface area contributed by atoms with Gasteiger partial charge in [-0.05, 0) is 120 Å². The van der Waals surface area contributed by atoms with Gasteiger partial charge in [0.15, 0.2) is 5.79 Å². The zero-order valence-electron chi connectivity index (χ0n) is 35.4. The van der Waals surface area contributed by atoms with Crippen molar-refractivity contribution in [2.24, 2.45) is 29.6 Å². The van der Waals surface area contributed by atoms with Crippen LogP contribution in [0.3, 0.4) is 0 Å². The maximum atomic E-state index is 14.1. The van der Waals surface area contributed by atoms with E-state index in [9.17, 15) is 29.7 Å². The highest BCUT2D eigenvalue weighted by molar-refractivity contribution is 5.86. The van der Waals surface area contributed by atoms with Gasteiger partial charge in [0.25, 0.3) is 0 Å². The fourth-order valence-corrected chi connectivity index (χ4v) is 9.04. The van der Waals surface area contributed by atoms with E-state index in [-0.39, 0.29) is 66.5 Å². The summed E-state index contributed by atoms with van der Waals surface area (Å²) in [4.78, 5) is 43.5. The van der Waals surface area contributed by atoms with Crippen molar-refractivity contribution >= 4 is 17.7 Å². The third-order valence-electron chi connectivity index (χ3n) is 13.1. The molecule has 56 heavy (non-hydrogen) atoms. The molecule has 2 bridgehead atoms. The minimum atomic E-state index is -1.70. The van der Waals surface area contributed by atoms with Gasteiger partial charge in [-0.15, -0.1) is 0 Å². The highest BCUT2D eigenvalue weighted by Gasteiger charge is 2.46. The lowest BCUT2D eigenvalue weighted by atomic mass is 9.80. The Kier molecular flexibility index (Phi) is 18.0. The molecule has 2 saturated heterocycles. The predicted octanol–water partition coefficient (Wildman–Crippen LogP) is 7.55. The minimum Gasteiger partial charge on any atom is -0.456 e. The zero-order chi connectivity index (χ0) is 41.0. The first-order chi connectivity index (χ1) is 26.6. The molecule has 4 rings (SSSR count). The van der Waals surface area contributed by atoms with E-state index < -0.39 is 30.0 Å². The molecule has 10 atom stereocenters. The number of aliphatic hydroxyl groups excluding tert-OH is 2. The second kappa shape index (κ2) is 21.9. The lowest BCUT2D eigenvalue weighted by Gasteiger charge is -2.44. The number of ether oxygens (including phenoxy) is 3. The fourth-order valence-electron chi connectivity index (χ4n) is 9.04. The molecule has 1 saturated carbocycles. The van der Waals surface area contributed by atoms with Gasteiger partial charge in [-0.3, -0.25) is 9.59 Å². The standard InChI is InChI=1S/C46H73NO9/c1-30-13-9-8-10-14-31(2)42(54-7)27-38-22-17-35(6)46(53,56-38)29-44(51)47-24-12-11-15-39(47)45(52)55-43(28-41(50)33(4)25-30)32(3)16-23-40(49)34(5)26-36-18-20-37(48)21-19-36/h8-10,13-14,16,30,33-40,42-43,48-49,53H,11-12,15,17-29H2,1-7H3/b10-8+,13-9+,31-14+,32-16+/t30-,33-,34+,35-,36?,37?,38+,39+,40-,42+,43-,46+/m1/s1. The monoisotopic (exact) mass is 784 g/mol. The van der Waals surface area contributed by atoms with Gasteiger partial charge in [0, 0.05) is 38.3 Å². The van der Waals surface area contributed by atoms with E-state index in [0.29, 0.717) is 50.1 Å². The number of hydrogen-bond acceptors (Lipinski definition) is 9. The normalized spacial score (nSPS) is 38.4. The number of Topliss-reactive ketones (excluding diaryl/α,β-unsaturated/α-hetero) is 1. The Morgan fingerprint density at radius 2 is 1.75 bits per heavy atom. The molecule has 0 aromatic heterocycles. The van der Waals surface area contributed by atoms with Crippen molar-refractivity contribution in [2.45, 2.75) is 180 Å². The van der Waals surface area contributed by atoms with Crippen LogP contribution in [0.2, 0.25) is 0 Å². The molecule has 0 unspecified atom stereocenters. The Morgan fingerprint density at radius 3 is 2.46 bits per heavy atom. The highest BCUT2D eigenvalue weighted by Crippen LogP contribution is 2.38. The van der Waals surface area contributed by atoms with Crippen LogP contribution >= 0.6 is 0 Å². The SMILES string of the molecule is CO[C@H]1C[C@@H]2CC[C@@H](C)[C@](O)(CC(=O)N3CCCC[C@H]3C(=O)O[C@@H](/C(C)=C/C[C@@H](O)[C@@H](C)CC3CCC(O)CC3)CC(=O)[C@H](C)C[C@H](C)/C=C/C=C/C=C/1C)O2. The molecule has 4 aliphatic rings. The predicted molar refractivity (Wildman–Crippen MR) is 218 cm³/mol. The minimum absolute atomic E-state index is 0.000471. The van der Waals surface area contributed by atoms with Crippen LogP contribution in [0.1, 0.15) is 138 Å². The number of amides is 1. The molecule has 10 heteroatoms. The van der Waals surface area contributed by atoms with Crippen LogP contribution < -0.4 is 0 Å². The number of carbonyl (C=O) groups is 3. The Bertz CT molecular complexity index is 1410. The summed E-state index contributed by atoms with van der Waals surface area (Å²) in [5, 5.41) is 32.9. The number of allylic oxidation sites excluding steroid dienone is 5. The molecule has 3 aliphatic heterocycles. The number of methoxy groups -OCH3 is 1. The van der Waals surface area contributed by atoms with Crippen molar-refractivity contribution in [1.29, 1.82) is 0 Å². The van der Waals surface area contributed by atoms with Gasteiger partial charge in [-0.1, -0.05) is 64.2 Å². The first kappa shape index (κ1) is 46.1. The van der Waals surface area contributed by atoms with Crippen molar-refractivity contribution in [3.8, 4) is 0 Å². The molecule has 10 nitrogen and oxygen atoms in total. The molecule has 3 heterocycles. The van der Waals surface area contributed by atoms with E-state index >= 15 is 0 Å². The van der Waals surface area contributed by atoms with Gasteiger partial charge in [0.2, 0.25) is 5.91 Å². The molecule has 1 amide bonds. The molecular formula is C46H73NO9. The van der Waals surface area contributed by atoms with Crippen molar-refractivity contribution in [2.75, 3.05) is 13.7 Å². The lowest BCUT2D eigenvalue weighted by molar-refractivity contribution is -0.284. The van der Waals surface area contributed by atoms with Crippen molar-refractivity contribution in [3.05, 3.63) is 47.6 Å². The van der Waals surface area contributed by atoms with Crippen molar-refractivity contribution in [1.82, 2.24) is 4.90 Å². The number of fused-ring (bicyclic) bond motifs is 3. The number of aliphatic hydroxyl groups is 3. The van der Waals surface area contributed by atoms with Crippen molar-refractivity contribution in [3.63, 3.8) is 0 Å². The van der Waals surface area contributed by atoms with Crippen LogP contribution in [-0.4, -0.2) is 93.9 Å². The van der Waals surface area contributed by atoms with Gasteiger partial charge in [-0.2, -0.15) is 0 Å². The van der Waals surface area contributed by atoms with Crippen LogP contribution in [0.25, 0.3) is 0 Å². The topological polar surface area (TPSA) is 143 Å². The Labute approximate surface area is 336 Å². The Morgan fingerprint density at radius 1 is 1.02 bits per heavy atom. The van der Waals surface area contributed by atoms with E-state index in [2.05, 4.69) is 19.9 Å². The lowest BCUT2D eigenvalue weighted by Crippen LogP contribution is -2.54. The number of ketones is 1. The third-order valence-corrected chi connectivity index (χ3v) is 13.1. The van der Waals surface area contributed by atoms with Crippen LogP contribution in [-0.2, 0) is 28.6 Å². The summed E-state index contributed by atoms with van der Waals surface area (Å²) in [5.74, 6) is -2.54. The average molecular weight is 784 g/mol. The number of rotatable bonds is 7. The van der Waals surface area contributed by atoms with E-state index in [1.54, 1.807) is 12.0 Å². The maximum Gasteiger partial charge on any atom is 0.329 e. The van der Waals surface area contributed by atoms with Gasteiger partial charge >= 0.3 is 5.97 Å². The number of hydrogen-bond donors (Lipinski definition) is 3. The molecule has 0 radical (unpaired) electrons. The summed E-state index contributed by atoms with van der Waals surface area (Å²) >= 11 is 0. The first-order valence-corrected chi connectivity index (χ1v) is 21.6. The third kappa shape index (κ3) is 13.5. The van der Waals surface area contributed by atoms with Crippen LogP contribution in [0, 0.1) is 29.6 Å². The summed E-state index contributed by atoms with van der Waals surface area (Å²) in [6.45, 7) is 12.2. The van der Waals surface area contributed by atoms with Crippen LogP contribution in [0.15, 0.2) is 47.6 Å². The summed E-state index contributed by atoms with van der Waals surface area (Å²) in [7, 11) is 1.66. The Balaban J connectivity index is 1.58. The largest absolute Gasteiger partial charge is 0.456 e. The first-order valence-electron chi connectivity index (χ1n) is 21.6. The van der Waals surface area contributed by atoms with Crippen molar-refractivity contribution < 1.29 is 43.9 Å². The molecule has 0 aromatic rings. The summed E-state index contributed by atoms with van der Waals surface area (Å²) in [6, 6.07) is -0.845. The molecule has 3 fully saturated rings. The quantitative estimate of drug-likeness (QED) is 0.176. The number of piperidine rings is 1. The summed E-state index contributed by atoms with van der Waals surface area (Å²) in [5.41, 5.74) is 1.72. The smallest absolute Gasteiger partial charge is 0.329 e. The average Bonchev–Trinajstić information content (AvgIpc) is 3.16. The molecule has 3 N–H and O–H groups in total. The molecule has 0 aromatic carbocycles. The summed E-state index contributed by atoms with van der Waals surface area (Å²) < 4.78 is 18.4. The molecule has 1 aliphatic carbocycles. The zero-order valence-corrected chi connectivity index (χ0v) is 35.4. The molecule has 316 valence electrons. The molecule has 0 spiro atoms. The van der Waals surface area contributed by atoms with E-state index in [1.807, 2.05) is 58.1 Å². The second-order valence-corrected chi connectivity index (χ2v) is 17.8. The van der Waals surface area contributed by atoms with Gasteiger partial charge in [0.1, 0.15) is 17.9 Å². The highest BCUT2D eigenvalue weighted by atomic mass is 16.6. The van der Waals surface area contributed by atoms with E-state index in [4.69, 9.17) is 14.2 Å². The number of esters is 1. The summed E-state index contributed by atoms with van der Waals surface area (Å²) in [6.07, 6.45) is 18.7.